The van der Waals surface area contributed by atoms with Gasteiger partial charge in [0.25, 0.3) is 5.91 Å². The van der Waals surface area contributed by atoms with Gasteiger partial charge in [0, 0.05) is 38.5 Å². The quantitative estimate of drug-likeness (QED) is 0.908. The molecule has 1 aliphatic rings. The summed E-state index contributed by atoms with van der Waals surface area (Å²) in [6.45, 7) is 3.55. The predicted octanol–water partition coefficient (Wildman–Crippen LogP) is 2.29. The summed E-state index contributed by atoms with van der Waals surface area (Å²) in [5.41, 5.74) is 2.85. The number of nitrogens with one attached hydrogen (secondary N) is 1. The number of hydrogen-bond donors (Lipinski definition) is 1. The summed E-state index contributed by atoms with van der Waals surface area (Å²) in [5, 5.41) is 3.09. The molecule has 1 aromatic carbocycles. The van der Waals surface area contributed by atoms with Crippen LogP contribution in [0.3, 0.4) is 0 Å². The molecule has 1 heterocycles. The first-order valence-electron chi connectivity index (χ1n) is 6.76. The lowest BCUT2D eigenvalue weighted by Crippen LogP contribution is -2.40. The van der Waals surface area contributed by atoms with Crippen LogP contribution in [0, 0.1) is 6.92 Å². The van der Waals surface area contributed by atoms with Gasteiger partial charge >= 0.3 is 0 Å². The number of anilines is 1. The molecule has 104 valence electrons. The van der Waals surface area contributed by atoms with E-state index in [0.717, 1.165) is 42.7 Å². The van der Waals surface area contributed by atoms with Gasteiger partial charge in [-0.1, -0.05) is 0 Å². The molecule has 0 aliphatic carbocycles. The van der Waals surface area contributed by atoms with Crippen LogP contribution >= 0.6 is 0 Å². The van der Waals surface area contributed by atoms with E-state index in [9.17, 15) is 4.79 Å². The maximum atomic E-state index is 12.5. The summed E-state index contributed by atoms with van der Waals surface area (Å²) in [7, 11) is 3.62. The van der Waals surface area contributed by atoms with Crippen LogP contribution in [0.1, 0.15) is 28.8 Å². The molecule has 19 heavy (non-hydrogen) atoms. The molecular weight excluding hydrogens is 240 g/mol. The minimum Gasteiger partial charge on any atom is -0.388 e. The smallest absolute Gasteiger partial charge is 0.254 e. The highest BCUT2D eigenvalue weighted by Crippen LogP contribution is 2.20. The van der Waals surface area contributed by atoms with Crippen LogP contribution in [-0.2, 0) is 4.74 Å². The summed E-state index contributed by atoms with van der Waals surface area (Å²) >= 11 is 0. The second-order valence-corrected chi connectivity index (χ2v) is 5.01. The van der Waals surface area contributed by atoms with Crippen molar-refractivity contribution in [2.75, 3.05) is 32.6 Å². The Morgan fingerprint density at radius 1 is 1.37 bits per heavy atom. The monoisotopic (exact) mass is 262 g/mol. The lowest BCUT2D eigenvalue weighted by molar-refractivity contribution is 0.0350. The van der Waals surface area contributed by atoms with Crippen molar-refractivity contribution in [1.82, 2.24) is 4.90 Å². The number of carbonyl (C=O) groups is 1. The summed E-state index contributed by atoms with van der Waals surface area (Å²) < 4.78 is 5.33. The first-order valence-corrected chi connectivity index (χ1v) is 6.76. The number of benzene rings is 1. The summed E-state index contributed by atoms with van der Waals surface area (Å²) in [5.74, 6) is 0.134. The summed E-state index contributed by atoms with van der Waals surface area (Å²) in [6.07, 6.45) is 2.16. The van der Waals surface area contributed by atoms with Gasteiger partial charge in [0.2, 0.25) is 0 Å². The third-order valence-corrected chi connectivity index (χ3v) is 3.81. The fourth-order valence-electron chi connectivity index (χ4n) is 2.52. The number of nitrogens with zero attached hydrogens (tertiary/aromatic N) is 1. The topological polar surface area (TPSA) is 41.6 Å². The maximum Gasteiger partial charge on any atom is 0.254 e. The third-order valence-electron chi connectivity index (χ3n) is 3.81. The van der Waals surface area contributed by atoms with E-state index >= 15 is 0 Å². The van der Waals surface area contributed by atoms with E-state index in [0.29, 0.717) is 6.10 Å². The van der Waals surface area contributed by atoms with Crippen molar-refractivity contribution >= 4 is 11.6 Å². The van der Waals surface area contributed by atoms with Crippen LogP contribution < -0.4 is 5.32 Å². The van der Waals surface area contributed by atoms with Gasteiger partial charge in [0.05, 0.1) is 6.10 Å². The minimum atomic E-state index is 0.134. The normalized spacial score (nSPS) is 16.5. The highest BCUT2D eigenvalue weighted by Gasteiger charge is 2.24. The van der Waals surface area contributed by atoms with Crippen molar-refractivity contribution in [1.29, 1.82) is 0 Å². The molecule has 1 saturated heterocycles. The second-order valence-electron chi connectivity index (χ2n) is 5.01. The Labute approximate surface area is 114 Å². The SMILES string of the molecule is CNc1ccc(C(=O)N2CCC(OC)CC2)c(C)c1. The van der Waals surface area contributed by atoms with Crippen molar-refractivity contribution < 1.29 is 9.53 Å². The Morgan fingerprint density at radius 2 is 2.05 bits per heavy atom. The summed E-state index contributed by atoms with van der Waals surface area (Å²) in [4.78, 5) is 14.4. The first kappa shape index (κ1) is 13.9. The molecular formula is C15H22N2O2. The van der Waals surface area contributed by atoms with Crippen LogP contribution in [0.5, 0.6) is 0 Å². The largest absolute Gasteiger partial charge is 0.388 e. The molecule has 4 heteroatoms. The number of carbonyl (C=O) groups excluding carboxylic acids is 1. The van der Waals surface area contributed by atoms with E-state index in [-0.39, 0.29) is 5.91 Å². The van der Waals surface area contributed by atoms with Crippen molar-refractivity contribution in [2.24, 2.45) is 0 Å². The number of piperidine rings is 1. The lowest BCUT2D eigenvalue weighted by Gasteiger charge is -2.31. The van der Waals surface area contributed by atoms with Gasteiger partial charge in [-0.2, -0.15) is 0 Å². The highest BCUT2D eigenvalue weighted by atomic mass is 16.5. The second kappa shape index (κ2) is 6.06. The van der Waals surface area contributed by atoms with E-state index in [1.165, 1.54) is 0 Å². The lowest BCUT2D eigenvalue weighted by atomic mass is 10.0. The number of aryl methyl sites for hydroxylation is 1. The van der Waals surface area contributed by atoms with Crippen LogP contribution in [0.2, 0.25) is 0 Å². The molecule has 0 saturated carbocycles. The Bertz CT molecular complexity index is 451. The Kier molecular flexibility index (Phi) is 4.43. The van der Waals surface area contributed by atoms with Gasteiger partial charge in [-0.25, -0.2) is 0 Å². The zero-order chi connectivity index (χ0) is 13.8. The fraction of sp³-hybridized carbons (Fsp3) is 0.533. The first-order chi connectivity index (χ1) is 9.15. The van der Waals surface area contributed by atoms with E-state index in [4.69, 9.17) is 4.74 Å². The molecule has 2 rings (SSSR count). The molecule has 0 spiro atoms. The molecule has 1 amide bonds. The zero-order valence-corrected chi connectivity index (χ0v) is 11.9. The molecule has 0 bridgehead atoms. The van der Waals surface area contributed by atoms with Crippen LogP contribution in [0.15, 0.2) is 18.2 Å². The molecule has 1 N–H and O–H groups in total. The van der Waals surface area contributed by atoms with Crippen LogP contribution in [-0.4, -0.2) is 44.2 Å². The molecule has 0 unspecified atom stereocenters. The number of methoxy groups -OCH3 is 1. The van der Waals surface area contributed by atoms with Crippen LogP contribution in [0.25, 0.3) is 0 Å². The number of likely N-dealkylation sites (tertiary alicyclic amines) is 1. The number of amides is 1. The van der Waals surface area contributed by atoms with Gasteiger partial charge in [0.1, 0.15) is 0 Å². The number of ether oxygens (including phenoxy) is 1. The van der Waals surface area contributed by atoms with E-state index in [2.05, 4.69) is 5.32 Å². The molecule has 1 aliphatic heterocycles. The Hall–Kier alpha value is -1.55. The molecule has 1 fully saturated rings. The van der Waals surface area contributed by atoms with Crippen molar-refractivity contribution in [3.63, 3.8) is 0 Å². The van der Waals surface area contributed by atoms with Gasteiger partial charge in [0.15, 0.2) is 0 Å². The van der Waals surface area contributed by atoms with Crippen molar-refractivity contribution in [2.45, 2.75) is 25.9 Å². The van der Waals surface area contributed by atoms with Crippen molar-refractivity contribution in [3.8, 4) is 0 Å². The fourth-order valence-corrected chi connectivity index (χ4v) is 2.52. The van der Waals surface area contributed by atoms with E-state index < -0.39 is 0 Å². The molecule has 0 atom stereocenters. The van der Waals surface area contributed by atoms with Gasteiger partial charge in [-0.15, -0.1) is 0 Å². The van der Waals surface area contributed by atoms with Gasteiger partial charge in [-0.3, -0.25) is 4.79 Å². The van der Waals surface area contributed by atoms with Gasteiger partial charge < -0.3 is 15.0 Å². The number of hydrogen-bond acceptors (Lipinski definition) is 3. The number of rotatable bonds is 3. The summed E-state index contributed by atoms with van der Waals surface area (Å²) in [6, 6.07) is 5.86. The zero-order valence-electron chi connectivity index (χ0n) is 11.9. The minimum absolute atomic E-state index is 0.134. The Balaban J connectivity index is 2.08. The molecule has 0 radical (unpaired) electrons. The van der Waals surface area contributed by atoms with E-state index in [1.54, 1.807) is 7.11 Å². The maximum absolute atomic E-state index is 12.5. The Morgan fingerprint density at radius 3 is 2.58 bits per heavy atom. The molecule has 4 nitrogen and oxygen atoms in total. The van der Waals surface area contributed by atoms with Crippen molar-refractivity contribution in [3.05, 3.63) is 29.3 Å². The average molecular weight is 262 g/mol. The predicted molar refractivity (Wildman–Crippen MR) is 76.7 cm³/mol. The van der Waals surface area contributed by atoms with Gasteiger partial charge in [-0.05, 0) is 43.5 Å². The average Bonchev–Trinajstić information content (AvgIpc) is 2.46. The molecule has 1 aromatic rings. The molecule has 0 aromatic heterocycles. The van der Waals surface area contributed by atoms with E-state index in [1.807, 2.05) is 37.1 Å². The standard InChI is InChI=1S/C15H22N2O2/c1-11-10-12(16-2)4-5-14(11)15(18)17-8-6-13(19-3)7-9-17/h4-5,10,13,16H,6-9H2,1-3H3. The highest BCUT2D eigenvalue weighted by molar-refractivity contribution is 5.96. The van der Waals surface area contributed by atoms with Crippen LogP contribution in [0.4, 0.5) is 5.69 Å². The third kappa shape index (κ3) is 3.07.